The Bertz CT molecular complexity index is 408. The van der Waals surface area contributed by atoms with Crippen LogP contribution in [0.15, 0.2) is 11.8 Å². The number of hydrogen-bond donors (Lipinski definition) is 2. The predicted octanol–water partition coefficient (Wildman–Crippen LogP) is 1.63. The summed E-state index contributed by atoms with van der Waals surface area (Å²) in [7, 11) is 0. The molecule has 1 rings (SSSR count). The van der Waals surface area contributed by atoms with E-state index in [1.54, 1.807) is 13.8 Å². The van der Waals surface area contributed by atoms with Gasteiger partial charge in [0.2, 0.25) is 0 Å². The Balaban J connectivity index is 2.60. The van der Waals surface area contributed by atoms with E-state index < -0.39 is 18.0 Å². The Morgan fingerprint density at radius 1 is 1.00 bits per heavy atom. The quantitative estimate of drug-likeness (QED) is 0.336. The number of rotatable bonds is 6. The Kier molecular flexibility index (Phi) is 8.03. The monoisotopic (exact) mass is 312 g/mol. The van der Waals surface area contributed by atoms with Crippen LogP contribution in [0.1, 0.15) is 46.0 Å². The average molecular weight is 312 g/mol. The molecule has 0 aromatic rings. The molecular formula is C15H24N2O5. The molecule has 2 amide bonds. The second-order valence-electron chi connectivity index (χ2n) is 4.95. The third kappa shape index (κ3) is 6.15. The van der Waals surface area contributed by atoms with Gasteiger partial charge in [0, 0.05) is 12.2 Å². The molecule has 0 radical (unpaired) electrons. The summed E-state index contributed by atoms with van der Waals surface area (Å²) in [6.45, 7) is 3.52. The number of nitrogens with one attached hydrogen (secondary N) is 2. The number of ether oxygens (including phenoxy) is 2. The van der Waals surface area contributed by atoms with E-state index in [0.717, 1.165) is 31.9 Å². The molecule has 0 bridgehead atoms. The molecule has 0 aliphatic heterocycles. The zero-order valence-electron chi connectivity index (χ0n) is 13.1. The first-order valence-corrected chi connectivity index (χ1v) is 7.69. The molecular weight excluding hydrogens is 288 g/mol. The number of carbonyl (C=O) groups excluding carboxylic acids is 3. The fourth-order valence-corrected chi connectivity index (χ4v) is 2.23. The zero-order chi connectivity index (χ0) is 16.4. The van der Waals surface area contributed by atoms with E-state index in [0.29, 0.717) is 0 Å². The molecule has 124 valence electrons. The first-order chi connectivity index (χ1) is 10.6. The molecule has 2 N–H and O–H groups in total. The summed E-state index contributed by atoms with van der Waals surface area (Å²) < 4.78 is 9.55. The fraction of sp³-hybridized carbons (Fsp3) is 0.667. The molecule has 0 heterocycles. The predicted molar refractivity (Wildman–Crippen MR) is 79.9 cm³/mol. The van der Waals surface area contributed by atoms with Crippen LogP contribution < -0.4 is 10.6 Å². The first kappa shape index (κ1) is 18.0. The third-order valence-corrected chi connectivity index (χ3v) is 3.28. The maximum Gasteiger partial charge on any atom is 0.347 e. The highest BCUT2D eigenvalue weighted by Crippen LogP contribution is 2.17. The molecule has 1 fully saturated rings. The van der Waals surface area contributed by atoms with E-state index in [1.165, 1.54) is 6.42 Å². The van der Waals surface area contributed by atoms with Crippen molar-refractivity contribution in [1.82, 2.24) is 10.6 Å². The lowest BCUT2D eigenvalue weighted by atomic mass is 9.96. The minimum absolute atomic E-state index is 0.129. The van der Waals surface area contributed by atoms with E-state index in [2.05, 4.69) is 10.6 Å². The van der Waals surface area contributed by atoms with Crippen molar-refractivity contribution in [2.45, 2.75) is 52.0 Å². The highest BCUT2D eigenvalue weighted by Gasteiger charge is 2.22. The molecule has 22 heavy (non-hydrogen) atoms. The number of hydrogen-bond acceptors (Lipinski definition) is 5. The molecule has 0 aromatic heterocycles. The zero-order valence-corrected chi connectivity index (χ0v) is 13.1. The van der Waals surface area contributed by atoms with Gasteiger partial charge in [0.25, 0.3) is 0 Å². The van der Waals surface area contributed by atoms with Crippen molar-refractivity contribution in [2.24, 2.45) is 0 Å². The molecule has 1 aliphatic carbocycles. The Hall–Kier alpha value is -2.05. The lowest BCUT2D eigenvalue weighted by Gasteiger charge is -2.22. The highest BCUT2D eigenvalue weighted by molar-refractivity contribution is 6.14. The van der Waals surface area contributed by atoms with E-state index in [9.17, 15) is 14.4 Å². The van der Waals surface area contributed by atoms with Gasteiger partial charge in [0.05, 0.1) is 13.2 Å². The normalized spacial score (nSPS) is 14.6. The van der Waals surface area contributed by atoms with Crippen LogP contribution in [0.5, 0.6) is 0 Å². The molecule has 7 nitrogen and oxygen atoms in total. The standard InChI is InChI=1S/C15H24N2O5/c1-3-21-13(18)12(14(19)22-4-2)10-16-15(20)17-11-8-6-5-7-9-11/h10-11H,3-9H2,1-2H3,(H2,16,17,20). The third-order valence-electron chi connectivity index (χ3n) is 3.28. The van der Waals surface area contributed by atoms with Gasteiger partial charge in [-0.15, -0.1) is 0 Å². The number of carbonyl (C=O) groups is 3. The molecule has 0 atom stereocenters. The van der Waals surface area contributed by atoms with Gasteiger partial charge >= 0.3 is 18.0 Å². The summed E-state index contributed by atoms with van der Waals surface area (Å²) in [5, 5.41) is 5.21. The van der Waals surface area contributed by atoms with Gasteiger partial charge < -0.3 is 20.1 Å². The van der Waals surface area contributed by atoms with Gasteiger partial charge in [0.15, 0.2) is 5.57 Å². The van der Waals surface area contributed by atoms with Crippen LogP contribution in [0.25, 0.3) is 0 Å². The van der Waals surface area contributed by atoms with Crippen LogP contribution in [0.4, 0.5) is 4.79 Å². The van der Waals surface area contributed by atoms with Crippen molar-refractivity contribution >= 4 is 18.0 Å². The van der Waals surface area contributed by atoms with Crippen molar-refractivity contribution in [3.63, 3.8) is 0 Å². The number of esters is 2. The summed E-state index contributed by atoms with van der Waals surface area (Å²) >= 11 is 0. The molecule has 0 unspecified atom stereocenters. The first-order valence-electron chi connectivity index (χ1n) is 7.69. The summed E-state index contributed by atoms with van der Waals surface area (Å²) in [4.78, 5) is 35.2. The maximum absolute atomic E-state index is 11.8. The summed E-state index contributed by atoms with van der Waals surface area (Å²) in [5.41, 5.74) is -0.331. The lowest BCUT2D eigenvalue weighted by molar-refractivity contribution is -0.146. The number of urea groups is 1. The lowest BCUT2D eigenvalue weighted by Crippen LogP contribution is -2.41. The van der Waals surface area contributed by atoms with Crippen molar-refractivity contribution in [1.29, 1.82) is 0 Å². The van der Waals surface area contributed by atoms with Crippen molar-refractivity contribution in [3.8, 4) is 0 Å². The van der Waals surface area contributed by atoms with Crippen LogP contribution in [0.3, 0.4) is 0 Å². The van der Waals surface area contributed by atoms with Gasteiger partial charge in [0.1, 0.15) is 0 Å². The summed E-state index contributed by atoms with van der Waals surface area (Å²) in [6.07, 6.45) is 6.30. The van der Waals surface area contributed by atoms with Gasteiger partial charge in [-0.25, -0.2) is 14.4 Å². The second-order valence-corrected chi connectivity index (χ2v) is 4.95. The molecule has 0 saturated heterocycles. The molecule has 0 aromatic carbocycles. The van der Waals surface area contributed by atoms with Gasteiger partial charge in [-0.05, 0) is 26.7 Å². The van der Waals surface area contributed by atoms with E-state index in [-0.39, 0.29) is 24.8 Å². The molecule has 1 saturated carbocycles. The minimum Gasteiger partial charge on any atom is -0.462 e. The SMILES string of the molecule is CCOC(=O)C(=CNC(=O)NC1CCCCC1)C(=O)OCC. The van der Waals surface area contributed by atoms with Crippen LogP contribution in [0.2, 0.25) is 0 Å². The van der Waals surface area contributed by atoms with Crippen LogP contribution in [-0.4, -0.2) is 37.2 Å². The second kappa shape index (κ2) is 9.81. The van der Waals surface area contributed by atoms with Crippen LogP contribution in [-0.2, 0) is 19.1 Å². The van der Waals surface area contributed by atoms with Crippen LogP contribution in [0, 0.1) is 0 Å². The molecule has 7 heteroatoms. The summed E-state index contributed by atoms with van der Waals surface area (Å²) in [6, 6.07) is -0.311. The van der Waals surface area contributed by atoms with Crippen molar-refractivity contribution in [2.75, 3.05) is 13.2 Å². The maximum atomic E-state index is 11.8. The minimum atomic E-state index is -0.820. The fourth-order valence-electron chi connectivity index (χ4n) is 2.23. The molecule has 0 spiro atoms. The van der Waals surface area contributed by atoms with Crippen LogP contribution >= 0.6 is 0 Å². The average Bonchev–Trinajstić information content (AvgIpc) is 2.49. The van der Waals surface area contributed by atoms with Crippen molar-refractivity contribution < 1.29 is 23.9 Å². The van der Waals surface area contributed by atoms with Gasteiger partial charge in [-0.3, -0.25) is 0 Å². The van der Waals surface area contributed by atoms with Crippen molar-refractivity contribution in [3.05, 3.63) is 11.8 Å². The summed E-state index contributed by atoms with van der Waals surface area (Å²) in [5.74, 6) is -1.64. The van der Waals surface area contributed by atoms with Gasteiger partial charge in [-0.1, -0.05) is 19.3 Å². The topological polar surface area (TPSA) is 93.7 Å². The molecule has 1 aliphatic rings. The number of amides is 2. The Morgan fingerprint density at radius 2 is 1.55 bits per heavy atom. The smallest absolute Gasteiger partial charge is 0.347 e. The Morgan fingerprint density at radius 3 is 2.05 bits per heavy atom. The van der Waals surface area contributed by atoms with E-state index >= 15 is 0 Å². The van der Waals surface area contributed by atoms with Gasteiger partial charge in [-0.2, -0.15) is 0 Å². The Labute approximate surface area is 130 Å². The highest BCUT2D eigenvalue weighted by atomic mass is 16.6. The largest absolute Gasteiger partial charge is 0.462 e. The van der Waals surface area contributed by atoms with E-state index in [1.807, 2.05) is 0 Å². The van der Waals surface area contributed by atoms with E-state index in [4.69, 9.17) is 9.47 Å².